The van der Waals surface area contributed by atoms with Gasteiger partial charge in [-0.05, 0) is 25.0 Å². The van der Waals surface area contributed by atoms with Gasteiger partial charge in [-0.15, -0.1) is 0 Å². The smallest absolute Gasteiger partial charge is 0.232 e. The molecule has 0 bridgehead atoms. The van der Waals surface area contributed by atoms with Crippen molar-refractivity contribution < 1.29 is 4.74 Å². The fourth-order valence-electron chi connectivity index (χ4n) is 2.58. The number of aromatic nitrogens is 1. The van der Waals surface area contributed by atoms with Gasteiger partial charge in [0.05, 0.1) is 7.11 Å². The van der Waals surface area contributed by atoms with Crippen LogP contribution in [0.4, 0.5) is 0 Å². The van der Waals surface area contributed by atoms with Crippen LogP contribution < -0.4 is 4.74 Å². The van der Waals surface area contributed by atoms with E-state index in [1.54, 1.807) is 7.11 Å². The maximum absolute atomic E-state index is 6.12. The lowest BCUT2D eigenvalue weighted by atomic mass is 10.2. The molecule has 1 aromatic heterocycles. The third kappa shape index (κ3) is 3.84. The van der Waals surface area contributed by atoms with Crippen LogP contribution in [0, 0.1) is 0 Å². The van der Waals surface area contributed by atoms with Crippen molar-refractivity contribution in [3.05, 3.63) is 22.8 Å². The number of methoxy groups -OCH3 is 1. The number of ether oxygens (including phenoxy) is 1. The molecule has 0 aromatic carbocycles. The van der Waals surface area contributed by atoms with Crippen molar-refractivity contribution in [2.75, 3.05) is 33.3 Å². The van der Waals surface area contributed by atoms with Crippen molar-refractivity contribution >= 4 is 11.6 Å². The molecule has 1 atom stereocenters. The fourth-order valence-corrected chi connectivity index (χ4v) is 2.85. The van der Waals surface area contributed by atoms with E-state index in [9.17, 15) is 0 Å². The van der Waals surface area contributed by atoms with Crippen LogP contribution in [0.2, 0.25) is 5.02 Å². The van der Waals surface area contributed by atoms with Gasteiger partial charge < -0.3 is 4.74 Å². The molecule has 1 unspecified atom stereocenters. The van der Waals surface area contributed by atoms with Gasteiger partial charge in [0, 0.05) is 45.0 Å². The summed E-state index contributed by atoms with van der Waals surface area (Å²) in [4.78, 5) is 9.25. The minimum Gasteiger partial charge on any atom is -0.480 e. The minimum atomic E-state index is 0.497. The van der Waals surface area contributed by atoms with Crippen molar-refractivity contribution in [2.24, 2.45) is 0 Å². The SMILES string of the molecule is CCC(C)N1CCN(Cc2cnc(OC)c(Cl)c2)CC1. The van der Waals surface area contributed by atoms with Crippen LogP contribution in [0.15, 0.2) is 12.3 Å². The number of pyridine rings is 1. The predicted molar refractivity (Wildman–Crippen MR) is 82.4 cm³/mol. The van der Waals surface area contributed by atoms with E-state index < -0.39 is 0 Å². The summed E-state index contributed by atoms with van der Waals surface area (Å²) in [6.07, 6.45) is 3.07. The van der Waals surface area contributed by atoms with E-state index in [1.807, 2.05) is 12.3 Å². The van der Waals surface area contributed by atoms with Crippen LogP contribution in [0.5, 0.6) is 5.88 Å². The molecular weight excluding hydrogens is 274 g/mol. The molecule has 0 N–H and O–H groups in total. The Balaban J connectivity index is 1.88. The molecule has 1 aromatic rings. The van der Waals surface area contributed by atoms with Crippen LogP contribution in [-0.4, -0.2) is 54.1 Å². The quantitative estimate of drug-likeness (QED) is 0.835. The molecule has 1 saturated heterocycles. The molecule has 1 aliphatic heterocycles. The van der Waals surface area contributed by atoms with Crippen molar-refractivity contribution in [3.8, 4) is 5.88 Å². The molecule has 1 aliphatic rings. The third-order valence-corrected chi connectivity index (χ3v) is 4.36. The minimum absolute atomic E-state index is 0.497. The number of piperazine rings is 1. The van der Waals surface area contributed by atoms with E-state index in [0.717, 1.165) is 38.3 Å². The monoisotopic (exact) mass is 297 g/mol. The highest BCUT2D eigenvalue weighted by Crippen LogP contribution is 2.22. The fraction of sp³-hybridized carbons (Fsp3) is 0.667. The Morgan fingerprint density at radius 2 is 2.05 bits per heavy atom. The van der Waals surface area contributed by atoms with Crippen LogP contribution >= 0.6 is 11.6 Å². The maximum atomic E-state index is 6.12. The zero-order chi connectivity index (χ0) is 14.5. The summed E-state index contributed by atoms with van der Waals surface area (Å²) in [5.41, 5.74) is 1.15. The zero-order valence-electron chi connectivity index (χ0n) is 12.6. The van der Waals surface area contributed by atoms with Gasteiger partial charge in [0.25, 0.3) is 0 Å². The van der Waals surface area contributed by atoms with Crippen LogP contribution in [0.1, 0.15) is 25.8 Å². The van der Waals surface area contributed by atoms with Gasteiger partial charge in [0.15, 0.2) is 0 Å². The van der Waals surface area contributed by atoms with E-state index in [-0.39, 0.29) is 0 Å². The molecule has 20 heavy (non-hydrogen) atoms. The maximum Gasteiger partial charge on any atom is 0.232 e. The Labute approximate surface area is 126 Å². The topological polar surface area (TPSA) is 28.6 Å². The summed E-state index contributed by atoms with van der Waals surface area (Å²) in [5.74, 6) is 0.497. The molecule has 0 amide bonds. The highest BCUT2D eigenvalue weighted by molar-refractivity contribution is 6.31. The lowest BCUT2D eigenvalue weighted by Gasteiger charge is -2.37. The largest absolute Gasteiger partial charge is 0.480 e. The Kier molecular flexibility index (Phi) is 5.64. The molecule has 0 saturated carbocycles. The summed E-state index contributed by atoms with van der Waals surface area (Å²) < 4.78 is 5.08. The van der Waals surface area contributed by atoms with Crippen molar-refractivity contribution in [2.45, 2.75) is 32.9 Å². The molecular formula is C15H24ClN3O. The van der Waals surface area contributed by atoms with Gasteiger partial charge in [-0.1, -0.05) is 18.5 Å². The summed E-state index contributed by atoms with van der Waals surface area (Å²) in [5, 5.41) is 0.586. The van der Waals surface area contributed by atoms with Gasteiger partial charge in [0.1, 0.15) is 5.02 Å². The average molecular weight is 298 g/mol. The summed E-state index contributed by atoms with van der Waals surface area (Å²) in [6, 6.07) is 2.64. The summed E-state index contributed by atoms with van der Waals surface area (Å²) in [6.45, 7) is 9.97. The first-order valence-electron chi connectivity index (χ1n) is 7.28. The van der Waals surface area contributed by atoms with Gasteiger partial charge >= 0.3 is 0 Å². The number of hydrogen-bond donors (Lipinski definition) is 0. The Hall–Kier alpha value is -0.840. The molecule has 5 heteroatoms. The van der Waals surface area contributed by atoms with Crippen molar-refractivity contribution in [3.63, 3.8) is 0 Å². The molecule has 0 spiro atoms. The van der Waals surface area contributed by atoms with Gasteiger partial charge in [-0.25, -0.2) is 4.98 Å². The summed E-state index contributed by atoms with van der Waals surface area (Å²) >= 11 is 6.12. The Morgan fingerprint density at radius 1 is 1.35 bits per heavy atom. The molecule has 4 nitrogen and oxygen atoms in total. The number of rotatable bonds is 5. The predicted octanol–water partition coefficient (Wildman–Crippen LogP) is 2.66. The van der Waals surface area contributed by atoms with Crippen molar-refractivity contribution in [1.29, 1.82) is 0 Å². The lowest BCUT2D eigenvalue weighted by molar-refractivity contribution is 0.0963. The van der Waals surface area contributed by atoms with Crippen LogP contribution in [0.25, 0.3) is 0 Å². The molecule has 0 radical (unpaired) electrons. The second-order valence-corrected chi connectivity index (χ2v) is 5.81. The van der Waals surface area contributed by atoms with Gasteiger partial charge in [-0.2, -0.15) is 0 Å². The summed E-state index contributed by atoms with van der Waals surface area (Å²) in [7, 11) is 1.59. The third-order valence-electron chi connectivity index (χ3n) is 4.08. The van der Waals surface area contributed by atoms with E-state index >= 15 is 0 Å². The van der Waals surface area contributed by atoms with E-state index in [4.69, 9.17) is 16.3 Å². The zero-order valence-corrected chi connectivity index (χ0v) is 13.4. The molecule has 2 rings (SSSR count). The first-order chi connectivity index (χ1) is 9.63. The Bertz CT molecular complexity index is 433. The Morgan fingerprint density at radius 3 is 2.60 bits per heavy atom. The molecule has 112 valence electrons. The number of nitrogens with zero attached hydrogens (tertiary/aromatic N) is 3. The second kappa shape index (κ2) is 7.25. The first-order valence-corrected chi connectivity index (χ1v) is 7.66. The first kappa shape index (κ1) is 15.5. The normalized spacial score (nSPS) is 19.0. The lowest BCUT2D eigenvalue weighted by Crippen LogP contribution is -2.48. The van der Waals surface area contributed by atoms with Crippen LogP contribution in [-0.2, 0) is 6.54 Å². The van der Waals surface area contributed by atoms with Gasteiger partial charge in [-0.3, -0.25) is 9.80 Å². The van der Waals surface area contributed by atoms with E-state index in [0.29, 0.717) is 16.9 Å². The number of hydrogen-bond acceptors (Lipinski definition) is 4. The molecule has 2 heterocycles. The second-order valence-electron chi connectivity index (χ2n) is 5.40. The molecule has 0 aliphatic carbocycles. The van der Waals surface area contributed by atoms with E-state index in [1.165, 1.54) is 6.42 Å². The molecule has 1 fully saturated rings. The highest BCUT2D eigenvalue weighted by Gasteiger charge is 2.20. The van der Waals surface area contributed by atoms with Crippen molar-refractivity contribution in [1.82, 2.24) is 14.8 Å². The van der Waals surface area contributed by atoms with Crippen LogP contribution in [0.3, 0.4) is 0 Å². The highest BCUT2D eigenvalue weighted by atomic mass is 35.5. The van der Waals surface area contributed by atoms with Gasteiger partial charge in [0.2, 0.25) is 5.88 Å². The van der Waals surface area contributed by atoms with E-state index in [2.05, 4.69) is 28.6 Å². The number of halogens is 1. The average Bonchev–Trinajstić information content (AvgIpc) is 2.47. The standard InChI is InChI=1S/C15H24ClN3O/c1-4-12(2)19-7-5-18(6-8-19)11-13-9-14(16)15(20-3)17-10-13/h9-10,12H,4-8,11H2,1-3H3.